The minimum atomic E-state index is 0.270. The number of ether oxygens (including phenoxy) is 1. The Bertz CT molecular complexity index is 477. The molecule has 0 amide bonds. The third-order valence-electron chi connectivity index (χ3n) is 4.46. The van der Waals surface area contributed by atoms with Crippen LogP contribution in [0.4, 0.5) is 0 Å². The lowest BCUT2D eigenvalue weighted by atomic mass is 9.79. The van der Waals surface area contributed by atoms with Crippen LogP contribution in [0, 0.1) is 0 Å². The minimum Gasteiger partial charge on any atom is -0.504 e. The first-order valence-corrected chi connectivity index (χ1v) is 7.72. The summed E-state index contributed by atoms with van der Waals surface area (Å²) in [5.41, 5.74) is 4.03. The molecule has 1 aromatic carbocycles. The van der Waals surface area contributed by atoms with Gasteiger partial charge in [-0.25, -0.2) is 0 Å². The number of aryl methyl sites for hydroxylation is 1. The first kappa shape index (κ1) is 15.0. The van der Waals surface area contributed by atoms with Crippen molar-refractivity contribution in [3.63, 3.8) is 0 Å². The normalized spacial score (nSPS) is 17.6. The van der Waals surface area contributed by atoms with Gasteiger partial charge in [-0.05, 0) is 74.1 Å². The van der Waals surface area contributed by atoms with Gasteiger partial charge in [0.15, 0.2) is 11.5 Å². The lowest BCUT2D eigenvalue weighted by Gasteiger charge is -2.26. The van der Waals surface area contributed by atoms with E-state index in [0.29, 0.717) is 11.7 Å². The Kier molecular flexibility index (Phi) is 5.11. The molecule has 0 heterocycles. The molecule has 0 radical (unpaired) electrons. The van der Waals surface area contributed by atoms with E-state index in [4.69, 9.17) is 4.74 Å². The van der Waals surface area contributed by atoms with Gasteiger partial charge in [-0.1, -0.05) is 19.1 Å². The molecule has 0 aliphatic heterocycles. The summed E-state index contributed by atoms with van der Waals surface area (Å²) in [7, 11) is 1.62. The first-order valence-electron chi connectivity index (χ1n) is 7.72. The Morgan fingerprint density at radius 1 is 1.45 bits per heavy atom. The van der Waals surface area contributed by atoms with Crippen LogP contribution in [0.25, 0.3) is 0 Å². The number of hydrogen-bond acceptors (Lipinski definition) is 2. The van der Waals surface area contributed by atoms with E-state index in [-0.39, 0.29) is 5.75 Å². The van der Waals surface area contributed by atoms with E-state index >= 15 is 0 Å². The number of fused-ring (bicyclic) bond motifs is 1. The van der Waals surface area contributed by atoms with Crippen LogP contribution in [-0.2, 0) is 6.42 Å². The smallest absolute Gasteiger partial charge is 0.160 e. The zero-order valence-corrected chi connectivity index (χ0v) is 12.7. The van der Waals surface area contributed by atoms with Gasteiger partial charge in [-0.2, -0.15) is 0 Å². The monoisotopic (exact) mass is 274 g/mol. The maximum Gasteiger partial charge on any atom is 0.160 e. The van der Waals surface area contributed by atoms with Crippen molar-refractivity contribution in [3.05, 3.63) is 35.4 Å². The lowest BCUT2D eigenvalue weighted by molar-refractivity contribution is 0.370. The molecule has 2 rings (SSSR count). The standard InChI is InChI=1S/C18H26O2/c1-4-13(2)7-5-8-14-9-6-10-15-11-17(19)18(20-3)12-16(14)15/h11-12,14,19H,2,4-10H2,1,3H3. The summed E-state index contributed by atoms with van der Waals surface area (Å²) >= 11 is 0. The van der Waals surface area contributed by atoms with E-state index in [9.17, 15) is 5.11 Å². The molecule has 110 valence electrons. The average Bonchev–Trinajstić information content (AvgIpc) is 2.46. The molecule has 20 heavy (non-hydrogen) atoms. The highest BCUT2D eigenvalue weighted by Gasteiger charge is 2.22. The molecule has 0 saturated heterocycles. The zero-order valence-electron chi connectivity index (χ0n) is 12.7. The van der Waals surface area contributed by atoms with E-state index in [0.717, 1.165) is 19.3 Å². The van der Waals surface area contributed by atoms with Crippen molar-refractivity contribution < 1.29 is 9.84 Å². The summed E-state index contributed by atoms with van der Waals surface area (Å²) in [4.78, 5) is 0. The number of hydrogen-bond donors (Lipinski definition) is 1. The Hall–Kier alpha value is -1.44. The second-order valence-electron chi connectivity index (χ2n) is 5.81. The molecule has 1 aromatic rings. The van der Waals surface area contributed by atoms with Crippen LogP contribution in [0.15, 0.2) is 24.3 Å². The fourth-order valence-electron chi connectivity index (χ4n) is 3.16. The molecule has 2 nitrogen and oxygen atoms in total. The van der Waals surface area contributed by atoms with E-state index < -0.39 is 0 Å². The van der Waals surface area contributed by atoms with Crippen molar-refractivity contribution in [2.24, 2.45) is 0 Å². The van der Waals surface area contributed by atoms with Gasteiger partial charge in [0.1, 0.15) is 0 Å². The Morgan fingerprint density at radius 3 is 2.95 bits per heavy atom. The van der Waals surface area contributed by atoms with Crippen molar-refractivity contribution in [1.29, 1.82) is 0 Å². The second-order valence-corrected chi connectivity index (χ2v) is 5.81. The number of benzene rings is 1. The lowest BCUT2D eigenvalue weighted by Crippen LogP contribution is -2.10. The summed E-state index contributed by atoms with van der Waals surface area (Å²) < 4.78 is 5.26. The van der Waals surface area contributed by atoms with Crippen LogP contribution in [0.5, 0.6) is 11.5 Å². The van der Waals surface area contributed by atoms with Crippen LogP contribution in [0.3, 0.4) is 0 Å². The van der Waals surface area contributed by atoms with Gasteiger partial charge in [-0.3, -0.25) is 0 Å². The summed E-state index contributed by atoms with van der Waals surface area (Å²) in [5.74, 6) is 1.48. The minimum absolute atomic E-state index is 0.270. The van der Waals surface area contributed by atoms with E-state index in [1.54, 1.807) is 7.11 Å². The fourth-order valence-corrected chi connectivity index (χ4v) is 3.16. The Balaban J connectivity index is 2.09. The molecule has 0 saturated carbocycles. The van der Waals surface area contributed by atoms with E-state index in [1.165, 1.54) is 42.4 Å². The fraction of sp³-hybridized carbons (Fsp3) is 0.556. The molecular formula is C18H26O2. The maximum absolute atomic E-state index is 9.90. The molecule has 2 heteroatoms. The number of rotatable bonds is 6. The van der Waals surface area contributed by atoms with E-state index in [1.807, 2.05) is 12.1 Å². The molecule has 1 aliphatic rings. The van der Waals surface area contributed by atoms with Gasteiger partial charge in [-0.15, -0.1) is 0 Å². The number of phenols is 1. The summed E-state index contributed by atoms with van der Waals surface area (Å²) in [6.07, 6.45) is 8.18. The van der Waals surface area contributed by atoms with Crippen LogP contribution in [0.2, 0.25) is 0 Å². The molecule has 1 atom stereocenters. The van der Waals surface area contributed by atoms with Crippen molar-refractivity contribution in [2.75, 3.05) is 7.11 Å². The quantitative estimate of drug-likeness (QED) is 0.743. The molecule has 1 N–H and O–H groups in total. The van der Waals surface area contributed by atoms with Crippen LogP contribution < -0.4 is 4.74 Å². The number of allylic oxidation sites excluding steroid dienone is 1. The molecular weight excluding hydrogens is 248 g/mol. The van der Waals surface area contributed by atoms with Gasteiger partial charge >= 0.3 is 0 Å². The number of methoxy groups -OCH3 is 1. The number of aromatic hydroxyl groups is 1. The van der Waals surface area contributed by atoms with Gasteiger partial charge in [0.2, 0.25) is 0 Å². The Morgan fingerprint density at radius 2 is 2.25 bits per heavy atom. The molecule has 1 aliphatic carbocycles. The highest BCUT2D eigenvalue weighted by Crippen LogP contribution is 2.40. The highest BCUT2D eigenvalue weighted by molar-refractivity contribution is 5.48. The molecule has 1 unspecified atom stereocenters. The first-order chi connectivity index (χ1) is 9.65. The van der Waals surface area contributed by atoms with Crippen molar-refractivity contribution in [2.45, 2.75) is 57.8 Å². The van der Waals surface area contributed by atoms with Crippen LogP contribution in [0.1, 0.15) is 62.5 Å². The van der Waals surface area contributed by atoms with Crippen LogP contribution in [-0.4, -0.2) is 12.2 Å². The third kappa shape index (κ3) is 3.36. The van der Waals surface area contributed by atoms with Crippen molar-refractivity contribution in [1.82, 2.24) is 0 Å². The maximum atomic E-state index is 9.90. The summed E-state index contributed by atoms with van der Waals surface area (Å²) in [6.45, 7) is 6.26. The molecule has 0 spiro atoms. The van der Waals surface area contributed by atoms with Gasteiger partial charge < -0.3 is 9.84 Å². The predicted molar refractivity (Wildman–Crippen MR) is 83.6 cm³/mol. The zero-order chi connectivity index (χ0) is 14.5. The topological polar surface area (TPSA) is 29.5 Å². The SMILES string of the molecule is C=C(CC)CCCC1CCCc2cc(O)c(OC)cc21. The highest BCUT2D eigenvalue weighted by atomic mass is 16.5. The number of phenolic OH excluding ortho intramolecular Hbond substituents is 1. The van der Waals surface area contributed by atoms with Crippen LogP contribution >= 0.6 is 0 Å². The van der Waals surface area contributed by atoms with Crippen molar-refractivity contribution >= 4 is 0 Å². The van der Waals surface area contributed by atoms with Gasteiger partial charge in [0, 0.05) is 0 Å². The van der Waals surface area contributed by atoms with Crippen molar-refractivity contribution in [3.8, 4) is 11.5 Å². The second kappa shape index (κ2) is 6.83. The average molecular weight is 274 g/mol. The largest absolute Gasteiger partial charge is 0.504 e. The third-order valence-corrected chi connectivity index (χ3v) is 4.46. The van der Waals surface area contributed by atoms with Gasteiger partial charge in [0.05, 0.1) is 7.11 Å². The van der Waals surface area contributed by atoms with E-state index in [2.05, 4.69) is 13.5 Å². The summed E-state index contributed by atoms with van der Waals surface area (Å²) in [5, 5.41) is 9.90. The summed E-state index contributed by atoms with van der Waals surface area (Å²) in [6, 6.07) is 3.94. The molecule has 0 bridgehead atoms. The van der Waals surface area contributed by atoms with Gasteiger partial charge in [0.25, 0.3) is 0 Å². The predicted octanol–water partition coefficient (Wildman–Crippen LogP) is 4.96. The molecule has 0 aromatic heterocycles. The Labute approximate surface area is 122 Å². The molecule has 0 fully saturated rings.